The number of fused-ring (bicyclic) bond motifs is 1. The lowest BCUT2D eigenvalue weighted by molar-refractivity contribution is -0.238. The van der Waals surface area contributed by atoms with Crippen LogP contribution in [0.25, 0.3) is 0 Å². The molecule has 1 aromatic carbocycles. The molecule has 0 aromatic heterocycles. The maximum Gasteiger partial charge on any atom is 0.190 e. The van der Waals surface area contributed by atoms with Crippen molar-refractivity contribution in [2.45, 2.75) is 88.3 Å². The SMILES string of the molecule is CO[C@H]1CCP(=O)(c2ccccc2)[C@@H]1O[C@@H]1[C@H]2OC(C)(C)O[C@H]2O[C@@H]1[C@H]1COC(C)(C)O1. The van der Waals surface area contributed by atoms with Crippen molar-refractivity contribution in [1.29, 1.82) is 0 Å². The third-order valence-electron chi connectivity index (χ3n) is 6.69. The summed E-state index contributed by atoms with van der Waals surface area (Å²) in [6.45, 7) is 7.81. The Bertz CT molecular complexity index is 874. The summed E-state index contributed by atoms with van der Waals surface area (Å²) in [6.07, 6.45) is -1.52. The molecule has 8 atom stereocenters. The standard InChI is InChI=1S/C23H33O8P/c1-22(2)26-13-16(29-22)17-18(19-20(27-17)31-23(3,4)30-19)28-21-15(25-5)11-12-32(21,24)14-9-7-6-8-10-14/h6-10,15-21H,11-13H2,1-5H3/t15-,16+,17+,18-,19+,20+,21-,32?/m0/s1. The minimum absolute atomic E-state index is 0.284. The van der Waals surface area contributed by atoms with E-state index in [0.29, 0.717) is 19.2 Å². The van der Waals surface area contributed by atoms with Crippen LogP contribution in [0.3, 0.4) is 0 Å². The lowest BCUT2D eigenvalue weighted by Gasteiger charge is -2.33. The van der Waals surface area contributed by atoms with Gasteiger partial charge in [0.25, 0.3) is 0 Å². The van der Waals surface area contributed by atoms with Crippen LogP contribution in [0.15, 0.2) is 30.3 Å². The van der Waals surface area contributed by atoms with Crippen LogP contribution in [0.1, 0.15) is 34.1 Å². The predicted molar refractivity (Wildman–Crippen MR) is 116 cm³/mol. The Morgan fingerprint density at radius 2 is 1.75 bits per heavy atom. The number of rotatable bonds is 5. The first-order valence-electron chi connectivity index (χ1n) is 11.3. The molecule has 4 fully saturated rings. The second-order valence-corrected chi connectivity index (χ2v) is 12.9. The summed E-state index contributed by atoms with van der Waals surface area (Å²) < 4.78 is 57.0. The summed E-state index contributed by atoms with van der Waals surface area (Å²) in [7, 11) is -1.24. The Morgan fingerprint density at radius 1 is 1.00 bits per heavy atom. The molecule has 32 heavy (non-hydrogen) atoms. The molecule has 1 unspecified atom stereocenters. The third kappa shape index (κ3) is 3.99. The summed E-state index contributed by atoms with van der Waals surface area (Å²) in [6, 6.07) is 9.56. The normalized spacial score (nSPS) is 44.7. The molecular formula is C23H33O8P. The highest BCUT2D eigenvalue weighted by atomic mass is 31.2. The first kappa shape index (κ1) is 22.9. The molecule has 178 valence electrons. The van der Waals surface area contributed by atoms with Crippen molar-refractivity contribution >= 4 is 12.4 Å². The molecule has 9 heteroatoms. The highest BCUT2D eigenvalue weighted by Crippen LogP contribution is 2.59. The van der Waals surface area contributed by atoms with E-state index in [9.17, 15) is 4.57 Å². The number of benzene rings is 1. The van der Waals surface area contributed by atoms with Gasteiger partial charge in [0.1, 0.15) is 37.4 Å². The molecule has 4 aliphatic heterocycles. The maximum absolute atomic E-state index is 14.3. The largest absolute Gasteiger partial charge is 0.378 e. The third-order valence-corrected chi connectivity index (χ3v) is 10.1. The summed E-state index contributed by atoms with van der Waals surface area (Å²) >= 11 is 0. The first-order chi connectivity index (χ1) is 15.1. The van der Waals surface area contributed by atoms with Crippen LogP contribution in [0.2, 0.25) is 0 Å². The second kappa shape index (κ2) is 8.14. The first-order valence-corrected chi connectivity index (χ1v) is 13.2. The molecule has 0 N–H and O–H groups in total. The number of methoxy groups -OCH3 is 1. The van der Waals surface area contributed by atoms with Crippen LogP contribution in [-0.4, -0.2) is 74.1 Å². The van der Waals surface area contributed by atoms with E-state index in [4.69, 9.17) is 33.2 Å². The van der Waals surface area contributed by atoms with Crippen LogP contribution in [0.5, 0.6) is 0 Å². The van der Waals surface area contributed by atoms with Crippen molar-refractivity contribution < 1.29 is 37.7 Å². The molecule has 8 nitrogen and oxygen atoms in total. The minimum atomic E-state index is -2.88. The van der Waals surface area contributed by atoms with Gasteiger partial charge < -0.3 is 37.7 Å². The van der Waals surface area contributed by atoms with E-state index in [1.807, 2.05) is 58.0 Å². The van der Waals surface area contributed by atoms with E-state index in [1.54, 1.807) is 7.11 Å². The predicted octanol–water partition coefficient (Wildman–Crippen LogP) is 2.83. The monoisotopic (exact) mass is 468 g/mol. The molecule has 0 radical (unpaired) electrons. The average molecular weight is 468 g/mol. The van der Waals surface area contributed by atoms with Gasteiger partial charge in [-0.05, 0) is 34.1 Å². The van der Waals surface area contributed by atoms with E-state index in [1.165, 1.54) is 0 Å². The van der Waals surface area contributed by atoms with Crippen LogP contribution < -0.4 is 5.30 Å². The zero-order valence-electron chi connectivity index (χ0n) is 19.3. The summed E-state index contributed by atoms with van der Waals surface area (Å²) in [4.78, 5) is 0. The van der Waals surface area contributed by atoms with Gasteiger partial charge in [0, 0.05) is 18.6 Å². The van der Waals surface area contributed by atoms with Crippen molar-refractivity contribution in [2.75, 3.05) is 19.9 Å². The fourth-order valence-electron chi connectivity index (χ4n) is 5.23. The van der Waals surface area contributed by atoms with E-state index >= 15 is 0 Å². The Hall–Kier alpha value is -0.830. The summed E-state index contributed by atoms with van der Waals surface area (Å²) in [5, 5.41) is 0.807. The smallest absolute Gasteiger partial charge is 0.190 e. The van der Waals surface area contributed by atoms with Gasteiger partial charge in [-0.25, -0.2) is 0 Å². The molecule has 0 amide bonds. The quantitative estimate of drug-likeness (QED) is 0.611. The minimum Gasteiger partial charge on any atom is -0.378 e. The van der Waals surface area contributed by atoms with Crippen molar-refractivity contribution in [3.05, 3.63) is 30.3 Å². The fraction of sp³-hybridized carbons (Fsp3) is 0.739. The Labute approximate surface area is 189 Å². The lowest BCUT2D eigenvalue weighted by Crippen LogP contribution is -2.47. The number of ether oxygens (including phenoxy) is 7. The Balaban J connectivity index is 1.46. The van der Waals surface area contributed by atoms with Gasteiger partial charge in [0.2, 0.25) is 0 Å². The molecule has 4 aliphatic rings. The van der Waals surface area contributed by atoms with Crippen molar-refractivity contribution in [1.82, 2.24) is 0 Å². The molecule has 4 heterocycles. The van der Waals surface area contributed by atoms with Gasteiger partial charge in [-0.1, -0.05) is 30.3 Å². The van der Waals surface area contributed by atoms with Gasteiger partial charge >= 0.3 is 0 Å². The highest BCUT2D eigenvalue weighted by molar-refractivity contribution is 7.72. The molecule has 0 saturated carbocycles. The second-order valence-electron chi connectivity index (χ2n) is 9.85. The van der Waals surface area contributed by atoms with Crippen molar-refractivity contribution in [2.24, 2.45) is 0 Å². The van der Waals surface area contributed by atoms with E-state index in [-0.39, 0.29) is 12.2 Å². The fourth-order valence-corrected chi connectivity index (χ4v) is 8.50. The summed E-state index contributed by atoms with van der Waals surface area (Å²) in [5.74, 6) is -2.11. The molecule has 0 bridgehead atoms. The van der Waals surface area contributed by atoms with Gasteiger partial charge in [-0.15, -0.1) is 0 Å². The zero-order valence-corrected chi connectivity index (χ0v) is 20.2. The van der Waals surface area contributed by atoms with Gasteiger partial charge in [0.15, 0.2) is 17.9 Å². The topological polar surface area (TPSA) is 81.7 Å². The van der Waals surface area contributed by atoms with Crippen molar-refractivity contribution in [3.8, 4) is 0 Å². The van der Waals surface area contributed by atoms with Crippen LogP contribution in [0, 0.1) is 0 Å². The van der Waals surface area contributed by atoms with E-state index in [2.05, 4.69) is 0 Å². The highest BCUT2D eigenvalue weighted by Gasteiger charge is 2.61. The van der Waals surface area contributed by atoms with Crippen LogP contribution in [-0.2, 0) is 37.7 Å². The number of hydrogen-bond donors (Lipinski definition) is 0. The number of hydrogen-bond acceptors (Lipinski definition) is 8. The van der Waals surface area contributed by atoms with Gasteiger partial charge in [0.05, 0.1) is 12.7 Å². The summed E-state index contributed by atoms with van der Waals surface area (Å²) in [5.41, 5.74) is 0. The molecular weight excluding hydrogens is 435 g/mol. The Kier molecular flexibility index (Phi) is 5.83. The molecule has 0 spiro atoms. The van der Waals surface area contributed by atoms with E-state index in [0.717, 1.165) is 5.30 Å². The van der Waals surface area contributed by atoms with Crippen LogP contribution >= 0.6 is 7.14 Å². The lowest BCUT2D eigenvalue weighted by atomic mass is 10.1. The maximum atomic E-state index is 14.3. The molecule has 0 aliphatic carbocycles. The van der Waals surface area contributed by atoms with Crippen molar-refractivity contribution in [3.63, 3.8) is 0 Å². The molecule has 1 aromatic rings. The zero-order chi connectivity index (χ0) is 22.7. The Morgan fingerprint density at radius 3 is 2.41 bits per heavy atom. The van der Waals surface area contributed by atoms with Gasteiger partial charge in [-0.2, -0.15) is 0 Å². The van der Waals surface area contributed by atoms with Crippen LogP contribution in [0.4, 0.5) is 0 Å². The average Bonchev–Trinajstić information content (AvgIpc) is 3.44. The molecule has 5 rings (SSSR count). The van der Waals surface area contributed by atoms with E-state index < -0.39 is 49.2 Å². The molecule has 4 saturated heterocycles. The van der Waals surface area contributed by atoms with Gasteiger partial charge in [-0.3, -0.25) is 0 Å².